The Morgan fingerprint density at radius 1 is 0.853 bits per heavy atom. The lowest BCUT2D eigenvalue weighted by Gasteiger charge is -2.25. The van der Waals surface area contributed by atoms with Gasteiger partial charge in [0.2, 0.25) is 0 Å². The molecule has 1 aliphatic rings. The molecule has 1 atom stereocenters. The number of benzene rings is 4. The standard InChI is InChI=1S/C30H27N3O/c1-22-12-16-24(17-13-22)28-20-29(27-10-6-7-11-30(27)34-2)33(32-28)26-18-14-23(15-19-26)21-31-25-8-4-3-5-9-25/h3-19,21,29H,20H2,1-2H3. The van der Waals surface area contributed by atoms with Crippen molar-refractivity contribution < 1.29 is 4.74 Å². The predicted molar refractivity (Wildman–Crippen MR) is 141 cm³/mol. The van der Waals surface area contributed by atoms with Crippen LogP contribution >= 0.6 is 0 Å². The van der Waals surface area contributed by atoms with E-state index in [4.69, 9.17) is 9.84 Å². The van der Waals surface area contributed by atoms with Gasteiger partial charge in [-0.2, -0.15) is 5.10 Å². The molecular weight excluding hydrogens is 418 g/mol. The van der Waals surface area contributed by atoms with Gasteiger partial charge in [0.25, 0.3) is 0 Å². The molecule has 4 aromatic carbocycles. The van der Waals surface area contributed by atoms with E-state index < -0.39 is 0 Å². The highest BCUT2D eigenvalue weighted by molar-refractivity contribution is 6.03. The van der Waals surface area contributed by atoms with E-state index in [0.717, 1.165) is 45.9 Å². The first-order valence-electron chi connectivity index (χ1n) is 11.5. The van der Waals surface area contributed by atoms with Crippen molar-refractivity contribution in [3.63, 3.8) is 0 Å². The Balaban J connectivity index is 1.47. The Morgan fingerprint density at radius 3 is 2.29 bits per heavy atom. The van der Waals surface area contributed by atoms with E-state index in [-0.39, 0.29) is 6.04 Å². The molecule has 0 aromatic heterocycles. The third kappa shape index (κ3) is 4.62. The summed E-state index contributed by atoms with van der Waals surface area (Å²) >= 11 is 0. The average Bonchev–Trinajstić information content (AvgIpc) is 3.34. The summed E-state index contributed by atoms with van der Waals surface area (Å²) in [6.07, 6.45) is 2.70. The van der Waals surface area contributed by atoms with Crippen molar-refractivity contribution in [2.75, 3.05) is 12.1 Å². The van der Waals surface area contributed by atoms with Crippen molar-refractivity contribution in [2.45, 2.75) is 19.4 Å². The van der Waals surface area contributed by atoms with E-state index in [1.54, 1.807) is 7.11 Å². The van der Waals surface area contributed by atoms with Crippen LogP contribution in [0.3, 0.4) is 0 Å². The average molecular weight is 446 g/mol. The fourth-order valence-corrected chi connectivity index (χ4v) is 4.23. The molecule has 1 heterocycles. The van der Waals surface area contributed by atoms with Crippen LogP contribution in [0.5, 0.6) is 5.75 Å². The summed E-state index contributed by atoms with van der Waals surface area (Å²) in [6.45, 7) is 2.10. The molecular formula is C30H27N3O. The lowest BCUT2D eigenvalue weighted by atomic mass is 9.97. The number of hydrazone groups is 1. The van der Waals surface area contributed by atoms with Crippen molar-refractivity contribution in [2.24, 2.45) is 10.1 Å². The Hall–Kier alpha value is -4.18. The second-order valence-electron chi connectivity index (χ2n) is 8.40. The van der Waals surface area contributed by atoms with E-state index in [1.807, 2.05) is 48.7 Å². The molecule has 0 saturated carbocycles. The molecule has 34 heavy (non-hydrogen) atoms. The summed E-state index contributed by atoms with van der Waals surface area (Å²) in [4.78, 5) is 4.56. The molecule has 0 aliphatic carbocycles. The molecule has 4 nitrogen and oxygen atoms in total. The Bertz CT molecular complexity index is 1310. The number of rotatable bonds is 6. The summed E-state index contributed by atoms with van der Waals surface area (Å²) in [7, 11) is 1.72. The second-order valence-corrected chi connectivity index (χ2v) is 8.40. The Morgan fingerprint density at radius 2 is 1.56 bits per heavy atom. The first kappa shape index (κ1) is 21.7. The zero-order valence-electron chi connectivity index (χ0n) is 19.4. The summed E-state index contributed by atoms with van der Waals surface area (Å²) in [5.74, 6) is 0.879. The van der Waals surface area contributed by atoms with E-state index in [1.165, 1.54) is 5.56 Å². The summed E-state index contributed by atoms with van der Waals surface area (Å²) in [6, 6.07) is 35.2. The first-order chi connectivity index (χ1) is 16.7. The second kappa shape index (κ2) is 9.75. The summed E-state index contributed by atoms with van der Waals surface area (Å²) in [5, 5.41) is 7.19. The Kier molecular flexibility index (Phi) is 6.21. The number of methoxy groups -OCH3 is 1. The SMILES string of the molecule is COc1ccccc1C1CC(c2ccc(C)cc2)=NN1c1ccc(C=Nc2ccccc2)cc1. The highest BCUT2D eigenvalue weighted by Gasteiger charge is 2.31. The molecule has 0 spiro atoms. The van der Waals surface area contributed by atoms with Gasteiger partial charge in [0, 0.05) is 18.2 Å². The van der Waals surface area contributed by atoms with Crippen LogP contribution in [-0.4, -0.2) is 19.0 Å². The molecule has 4 heteroatoms. The number of para-hydroxylation sites is 2. The molecule has 168 valence electrons. The van der Waals surface area contributed by atoms with Crippen LogP contribution in [0.2, 0.25) is 0 Å². The third-order valence-corrected chi connectivity index (χ3v) is 6.07. The zero-order chi connectivity index (χ0) is 23.3. The largest absolute Gasteiger partial charge is 0.496 e. The van der Waals surface area contributed by atoms with Crippen LogP contribution in [0.4, 0.5) is 11.4 Å². The van der Waals surface area contributed by atoms with Crippen LogP contribution in [0.1, 0.15) is 34.7 Å². The highest BCUT2D eigenvalue weighted by atomic mass is 16.5. The number of aryl methyl sites for hydroxylation is 1. The highest BCUT2D eigenvalue weighted by Crippen LogP contribution is 2.40. The molecule has 0 fully saturated rings. The van der Waals surface area contributed by atoms with E-state index >= 15 is 0 Å². The van der Waals surface area contributed by atoms with E-state index in [0.29, 0.717) is 0 Å². The predicted octanol–water partition coefficient (Wildman–Crippen LogP) is 7.11. The maximum atomic E-state index is 5.70. The third-order valence-electron chi connectivity index (χ3n) is 6.07. The van der Waals surface area contributed by atoms with Crippen molar-refractivity contribution in [1.29, 1.82) is 0 Å². The minimum atomic E-state index is 0.0521. The number of anilines is 1. The van der Waals surface area contributed by atoms with Crippen LogP contribution in [-0.2, 0) is 0 Å². The van der Waals surface area contributed by atoms with Crippen LogP contribution in [0, 0.1) is 6.92 Å². The minimum absolute atomic E-state index is 0.0521. The van der Waals surface area contributed by atoms with Crippen molar-refractivity contribution >= 4 is 23.3 Å². The van der Waals surface area contributed by atoms with Gasteiger partial charge < -0.3 is 4.74 Å². The van der Waals surface area contributed by atoms with E-state index in [9.17, 15) is 0 Å². The topological polar surface area (TPSA) is 37.2 Å². The van der Waals surface area contributed by atoms with Crippen molar-refractivity contribution in [3.05, 3.63) is 125 Å². The number of nitrogens with zero attached hydrogens (tertiary/aromatic N) is 3. The van der Waals surface area contributed by atoms with Gasteiger partial charge in [0.1, 0.15) is 5.75 Å². The van der Waals surface area contributed by atoms with Crippen molar-refractivity contribution in [3.8, 4) is 5.75 Å². The van der Waals surface area contributed by atoms with Gasteiger partial charge in [0.15, 0.2) is 0 Å². The van der Waals surface area contributed by atoms with Gasteiger partial charge >= 0.3 is 0 Å². The van der Waals surface area contributed by atoms with Gasteiger partial charge in [-0.1, -0.05) is 78.4 Å². The van der Waals surface area contributed by atoms with E-state index in [2.05, 4.69) is 77.6 Å². The number of hydrogen-bond donors (Lipinski definition) is 0. The molecule has 1 unspecified atom stereocenters. The number of aliphatic imine (C=N–C) groups is 1. The van der Waals surface area contributed by atoms with Crippen molar-refractivity contribution in [1.82, 2.24) is 0 Å². The van der Waals surface area contributed by atoms with Gasteiger partial charge in [-0.3, -0.25) is 10.0 Å². The lowest BCUT2D eigenvalue weighted by molar-refractivity contribution is 0.405. The van der Waals surface area contributed by atoms with Crippen LogP contribution in [0.25, 0.3) is 0 Å². The smallest absolute Gasteiger partial charge is 0.124 e. The van der Waals surface area contributed by atoms with Gasteiger partial charge in [0.05, 0.1) is 30.2 Å². The van der Waals surface area contributed by atoms with Crippen LogP contribution < -0.4 is 9.75 Å². The molecule has 5 rings (SSSR count). The fraction of sp³-hybridized carbons (Fsp3) is 0.133. The van der Waals surface area contributed by atoms with Gasteiger partial charge in [-0.25, -0.2) is 0 Å². The first-order valence-corrected chi connectivity index (χ1v) is 11.5. The van der Waals surface area contributed by atoms with Gasteiger partial charge in [-0.15, -0.1) is 0 Å². The fourth-order valence-electron chi connectivity index (χ4n) is 4.23. The van der Waals surface area contributed by atoms with Gasteiger partial charge in [-0.05, 0) is 48.4 Å². The zero-order valence-corrected chi connectivity index (χ0v) is 19.4. The Labute approximate surface area is 200 Å². The maximum absolute atomic E-state index is 5.70. The number of hydrogen-bond acceptors (Lipinski definition) is 4. The van der Waals surface area contributed by atoms with Crippen LogP contribution in [0.15, 0.2) is 113 Å². The lowest BCUT2D eigenvalue weighted by Crippen LogP contribution is -2.19. The quantitative estimate of drug-likeness (QED) is 0.297. The normalized spacial score (nSPS) is 15.5. The molecule has 0 radical (unpaired) electrons. The molecule has 0 N–H and O–H groups in total. The minimum Gasteiger partial charge on any atom is -0.496 e. The maximum Gasteiger partial charge on any atom is 0.124 e. The molecule has 0 saturated heterocycles. The molecule has 0 bridgehead atoms. The molecule has 0 amide bonds. The molecule has 4 aromatic rings. The summed E-state index contributed by atoms with van der Waals surface area (Å²) in [5.41, 5.74) is 7.62. The number of ether oxygens (including phenoxy) is 1. The summed E-state index contributed by atoms with van der Waals surface area (Å²) < 4.78 is 5.70. The molecule has 1 aliphatic heterocycles. The monoisotopic (exact) mass is 445 g/mol.